The van der Waals surface area contributed by atoms with E-state index in [4.69, 9.17) is 9.15 Å². The van der Waals surface area contributed by atoms with Gasteiger partial charge in [-0.1, -0.05) is 6.07 Å². The first kappa shape index (κ1) is 13.7. The maximum absolute atomic E-state index is 11.5. The van der Waals surface area contributed by atoms with E-state index < -0.39 is 5.97 Å². The Balaban J connectivity index is 1.91. The molecule has 2 aromatic rings. The van der Waals surface area contributed by atoms with Gasteiger partial charge in [-0.25, -0.2) is 4.79 Å². The summed E-state index contributed by atoms with van der Waals surface area (Å²) in [6.07, 6.45) is 0.922. The Hall–Kier alpha value is -2.27. The third-order valence-corrected chi connectivity index (χ3v) is 3.63. The molecule has 0 fully saturated rings. The first-order chi connectivity index (χ1) is 10.2. The normalized spacial score (nSPS) is 14.4. The third-order valence-electron chi connectivity index (χ3n) is 3.63. The molecule has 0 saturated heterocycles. The predicted molar refractivity (Wildman–Crippen MR) is 76.6 cm³/mol. The van der Waals surface area contributed by atoms with Gasteiger partial charge in [-0.15, -0.1) is 0 Å². The second kappa shape index (κ2) is 5.61. The van der Waals surface area contributed by atoms with Crippen LogP contribution in [-0.2, 0) is 11.2 Å². The summed E-state index contributed by atoms with van der Waals surface area (Å²) in [5.41, 5.74) is 2.28. The minimum absolute atomic E-state index is 0.116. The Morgan fingerprint density at radius 3 is 2.95 bits per heavy atom. The number of carbonyl (C=O) groups is 1. The molecule has 1 N–H and O–H groups in total. The van der Waals surface area contributed by atoms with Gasteiger partial charge in [0, 0.05) is 6.42 Å². The van der Waals surface area contributed by atoms with Crippen LogP contribution in [0.4, 0.5) is 0 Å². The van der Waals surface area contributed by atoms with Crippen LogP contribution in [0, 0.1) is 0 Å². The highest BCUT2D eigenvalue weighted by atomic mass is 16.5. The second-order valence-electron chi connectivity index (χ2n) is 4.88. The van der Waals surface area contributed by atoms with E-state index in [1.807, 2.05) is 19.2 Å². The molecule has 0 bridgehead atoms. The molecule has 2 heterocycles. The van der Waals surface area contributed by atoms with E-state index in [-0.39, 0.29) is 11.8 Å². The zero-order valence-corrected chi connectivity index (χ0v) is 12.0. The van der Waals surface area contributed by atoms with Gasteiger partial charge < -0.3 is 19.2 Å². The van der Waals surface area contributed by atoms with Gasteiger partial charge in [0.25, 0.3) is 0 Å². The highest BCUT2D eigenvalue weighted by Gasteiger charge is 2.21. The van der Waals surface area contributed by atoms with Crippen LogP contribution in [0.15, 0.2) is 34.7 Å². The Bertz CT molecular complexity index is 662. The fourth-order valence-corrected chi connectivity index (χ4v) is 2.58. The molecule has 1 aliphatic rings. The lowest BCUT2D eigenvalue weighted by Gasteiger charge is -2.15. The number of rotatable bonds is 4. The van der Waals surface area contributed by atoms with Crippen molar-refractivity contribution >= 4 is 5.97 Å². The van der Waals surface area contributed by atoms with Crippen LogP contribution in [0.2, 0.25) is 0 Å². The van der Waals surface area contributed by atoms with Crippen LogP contribution in [0.1, 0.15) is 33.5 Å². The molecule has 0 amide bonds. The van der Waals surface area contributed by atoms with Crippen molar-refractivity contribution in [3.05, 3.63) is 53.0 Å². The fourth-order valence-electron chi connectivity index (χ4n) is 2.58. The van der Waals surface area contributed by atoms with E-state index in [0.717, 1.165) is 24.3 Å². The maximum Gasteiger partial charge on any atom is 0.373 e. The predicted octanol–water partition coefficient (Wildman–Crippen LogP) is 2.31. The van der Waals surface area contributed by atoms with Crippen LogP contribution in [0.5, 0.6) is 5.75 Å². The van der Waals surface area contributed by atoms with Crippen molar-refractivity contribution in [2.24, 2.45) is 0 Å². The highest BCUT2D eigenvalue weighted by Crippen LogP contribution is 2.31. The smallest absolute Gasteiger partial charge is 0.373 e. The molecule has 0 spiro atoms. The Labute approximate surface area is 122 Å². The summed E-state index contributed by atoms with van der Waals surface area (Å²) in [4.78, 5) is 11.5. The standard InChI is InChI=1S/C16H17NO4/c1-17-15(13-5-6-14(21-13)16(18)19-2)11-3-4-12-10(9-11)7-8-20-12/h3-6,9,15,17H,7-8H2,1-2H3. The molecule has 5 heteroatoms. The van der Waals surface area contributed by atoms with E-state index in [0.29, 0.717) is 5.76 Å². The van der Waals surface area contributed by atoms with E-state index in [1.54, 1.807) is 12.1 Å². The highest BCUT2D eigenvalue weighted by molar-refractivity contribution is 5.86. The van der Waals surface area contributed by atoms with Gasteiger partial charge in [-0.2, -0.15) is 0 Å². The number of ether oxygens (including phenoxy) is 2. The summed E-state index contributed by atoms with van der Waals surface area (Å²) in [6.45, 7) is 0.732. The molecule has 1 atom stereocenters. The summed E-state index contributed by atoms with van der Waals surface area (Å²) in [5, 5.41) is 3.21. The number of hydrogen-bond acceptors (Lipinski definition) is 5. The monoisotopic (exact) mass is 287 g/mol. The SMILES string of the molecule is CNC(c1ccc2c(c1)CCO2)c1ccc(C(=O)OC)o1. The van der Waals surface area contributed by atoms with E-state index in [2.05, 4.69) is 16.1 Å². The minimum Gasteiger partial charge on any atom is -0.493 e. The van der Waals surface area contributed by atoms with Crippen LogP contribution < -0.4 is 10.1 Å². The van der Waals surface area contributed by atoms with Gasteiger partial charge in [0.2, 0.25) is 5.76 Å². The lowest BCUT2D eigenvalue weighted by atomic mass is 10.0. The van der Waals surface area contributed by atoms with Gasteiger partial charge in [0.15, 0.2) is 0 Å². The molecule has 1 aromatic carbocycles. The van der Waals surface area contributed by atoms with Crippen LogP contribution in [-0.4, -0.2) is 26.7 Å². The minimum atomic E-state index is -0.474. The van der Waals surface area contributed by atoms with Gasteiger partial charge >= 0.3 is 5.97 Å². The molecular weight excluding hydrogens is 270 g/mol. The van der Waals surface area contributed by atoms with Crippen molar-refractivity contribution in [1.82, 2.24) is 5.32 Å². The number of nitrogens with one attached hydrogen (secondary N) is 1. The van der Waals surface area contributed by atoms with Gasteiger partial charge in [0.05, 0.1) is 19.8 Å². The van der Waals surface area contributed by atoms with Crippen LogP contribution in [0.3, 0.4) is 0 Å². The van der Waals surface area contributed by atoms with Gasteiger partial charge in [-0.3, -0.25) is 0 Å². The molecule has 0 saturated carbocycles. The second-order valence-corrected chi connectivity index (χ2v) is 4.88. The molecule has 5 nitrogen and oxygen atoms in total. The lowest BCUT2D eigenvalue weighted by molar-refractivity contribution is 0.0562. The summed E-state index contributed by atoms with van der Waals surface area (Å²) in [6, 6.07) is 9.40. The number of carbonyl (C=O) groups excluding carboxylic acids is 1. The maximum atomic E-state index is 11.5. The first-order valence-electron chi connectivity index (χ1n) is 6.84. The van der Waals surface area contributed by atoms with Crippen molar-refractivity contribution in [2.45, 2.75) is 12.5 Å². The molecule has 21 heavy (non-hydrogen) atoms. The summed E-state index contributed by atoms with van der Waals surface area (Å²) in [7, 11) is 3.19. The third kappa shape index (κ3) is 2.52. The molecule has 1 unspecified atom stereocenters. The topological polar surface area (TPSA) is 60.7 Å². The average Bonchev–Trinajstić information content (AvgIpc) is 3.15. The Kier molecular flexibility index (Phi) is 3.66. The molecule has 3 rings (SSSR count). The lowest BCUT2D eigenvalue weighted by Crippen LogP contribution is -2.17. The average molecular weight is 287 g/mol. The molecule has 0 aliphatic carbocycles. The van der Waals surface area contributed by atoms with Crippen molar-refractivity contribution in [1.29, 1.82) is 0 Å². The summed E-state index contributed by atoms with van der Waals surface area (Å²) < 4.78 is 15.8. The zero-order chi connectivity index (χ0) is 14.8. The largest absolute Gasteiger partial charge is 0.493 e. The number of fused-ring (bicyclic) bond motifs is 1. The molecular formula is C16H17NO4. The summed E-state index contributed by atoms with van der Waals surface area (Å²) in [5.74, 6) is 1.36. The number of furan rings is 1. The van der Waals surface area contributed by atoms with Crippen LogP contribution in [0.25, 0.3) is 0 Å². The molecule has 1 aliphatic heterocycles. The number of hydrogen-bond donors (Lipinski definition) is 1. The Morgan fingerprint density at radius 2 is 2.19 bits per heavy atom. The number of esters is 1. The fraction of sp³-hybridized carbons (Fsp3) is 0.312. The zero-order valence-electron chi connectivity index (χ0n) is 12.0. The number of methoxy groups -OCH3 is 1. The summed E-state index contributed by atoms with van der Waals surface area (Å²) >= 11 is 0. The van der Waals surface area contributed by atoms with Crippen molar-refractivity contribution in [3.8, 4) is 5.75 Å². The molecule has 110 valence electrons. The van der Waals surface area contributed by atoms with Gasteiger partial charge in [-0.05, 0) is 42.4 Å². The van der Waals surface area contributed by atoms with Gasteiger partial charge in [0.1, 0.15) is 11.5 Å². The quantitative estimate of drug-likeness (QED) is 0.874. The van der Waals surface area contributed by atoms with E-state index >= 15 is 0 Å². The molecule has 0 radical (unpaired) electrons. The Morgan fingerprint density at radius 1 is 1.33 bits per heavy atom. The van der Waals surface area contributed by atoms with E-state index in [1.165, 1.54) is 12.7 Å². The van der Waals surface area contributed by atoms with Crippen LogP contribution >= 0.6 is 0 Å². The number of benzene rings is 1. The van der Waals surface area contributed by atoms with Crippen molar-refractivity contribution < 1.29 is 18.7 Å². The van der Waals surface area contributed by atoms with Crippen molar-refractivity contribution in [3.63, 3.8) is 0 Å². The van der Waals surface area contributed by atoms with E-state index in [9.17, 15) is 4.79 Å². The molecule has 1 aromatic heterocycles. The first-order valence-corrected chi connectivity index (χ1v) is 6.84. The van der Waals surface area contributed by atoms with Crippen molar-refractivity contribution in [2.75, 3.05) is 20.8 Å².